The highest BCUT2D eigenvalue weighted by atomic mass is 16.5. The lowest BCUT2D eigenvalue weighted by Crippen LogP contribution is -2.32. The number of methoxy groups -OCH3 is 2. The Kier molecular flexibility index (Phi) is 6.15. The van der Waals surface area contributed by atoms with Crippen molar-refractivity contribution in [3.63, 3.8) is 0 Å². The average molecular weight is 266 g/mol. The van der Waals surface area contributed by atoms with Gasteiger partial charge in [0.2, 0.25) is 0 Å². The van der Waals surface area contributed by atoms with Gasteiger partial charge in [0.25, 0.3) is 5.91 Å². The van der Waals surface area contributed by atoms with Gasteiger partial charge < -0.3 is 20.5 Å². The zero-order chi connectivity index (χ0) is 14.3. The molecule has 19 heavy (non-hydrogen) atoms. The summed E-state index contributed by atoms with van der Waals surface area (Å²) in [4.78, 5) is 12.0. The minimum absolute atomic E-state index is 0.101. The van der Waals surface area contributed by atoms with Crippen LogP contribution in [0, 0.1) is 0 Å². The second-order valence-electron chi connectivity index (χ2n) is 4.38. The monoisotopic (exact) mass is 266 g/mol. The number of ether oxygens (including phenoxy) is 2. The summed E-state index contributed by atoms with van der Waals surface area (Å²) in [6.45, 7) is 2.60. The Balaban J connectivity index is 2.71. The molecule has 0 radical (unpaired) electrons. The minimum Gasteiger partial charge on any atom is -0.493 e. The standard InChI is InChI=1S/C14H22N2O3/c1-10(5-4-8-15)16-14(17)11-6-7-12(18-2)13(9-11)19-3/h6-7,9-10H,4-5,8,15H2,1-3H3,(H,16,17). The van der Waals surface area contributed by atoms with Gasteiger partial charge in [0, 0.05) is 11.6 Å². The predicted molar refractivity (Wildman–Crippen MR) is 74.8 cm³/mol. The van der Waals surface area contributed by atoms with Gasteiger partial charge >= 0.3 is 0 Å². The first-order valence-corrected chi connectivity index (χ1v) is 6.35. The number of nitrogens with one attached hydrogen (secondary N) is 1. The minimum atomic E-state index is -0.120. The van der Waals surface area contributed by atoms with Crippen molar-refractivity contribution in [2.45, 2.75) is 25.8 Å². The maximum Gasteiger partial charge on any atom is 0.251 e. The first-order valence-electron chi connectivity index (χ1n) is 6.35. The lowest BCUT2D eigenvalue weighted by atomic mass is 10.1. The highest BCUT2D eigenvalue weighted by Gasteiger charge is 2.12. The van der Waals surface area contributed by atoms with Gasteiger partial charge in [-0.3, -0.25) is 4.79 Å². The van der Waals surface area contributed by atoms with E-state index in [1.165, 1.54) is 0 Å². The summed E-state index contributed by atoms with van der Waals surface area (Å²) < 4.78 is 10.3. The van der Waals surface area contributed by atoms with E-state index in [0.29, 0.717) is 23.6 Å². The van der Waals surface area contributed by atoms with Crippen LogP contribution in [0.2, 0.25) is 0 Å². The van der Waals surface area contributed by atoms with Crippen molar-refractivity contribution in [3.8, 4) is 11.5 Å². The third-order valence-electron chi connectivity index (χ3n) is 2.86. The molecule has 5 heteroatoms. The lowest BCUT2D eigenvalue weighted by Gasteiger charge is -2.14. The molecule has 0 aliphatic heterocycles. The van der Waals surface area contributed by atoms with E-state index in [-0.39, 0.29) is 11.9 Å². The molecule has 1 unspecified atom stereocenters. The fourth-order valence-electron chi connectivity index (χ4n) is 1.78. The lowest BCUT2D eigenvalue weighted by molar-refractivity contribution is 0.0937. The van der Waals surface area contributed by atoms with Gasteiger partial charge in [-0.05, 0) is 44.5 Å². The van der Waals surface area contributed by atoms with E-state index in [9.17, 15) is 4.79 Å². The Bertz CT molecular complexity index is 421. The Morgan fingerprint density at radius 1 is 1.32 bits per heavy atom. The summed E-state index contributed by atoms with van der Waals surface area (Å²) in [7, 11) is 3.11. The average Bonchev–Trinajstić information content (AvgIpc) is 2.44. The van der Waals surface area contributed by atoms with Crippen molar-refractivity contribution in [3.05, 3.63) is 23.8 Å². The third kappa shape index (κ3) is 4.44. The van der Waals surface area contributed by atoms with Crippen LogP contribution >= 0.6 is 0 Å². The van der Waals surface area contributed by atoms with E-state index >= 15 is 0 Å². The van der Waals surface area contributed by atoms with E-state index in [4.69, 9.17) is 15.2 Å². The van der Waals surface area contributed by atoms with Gasteiger partial charge in [0.05, 0.1) is 14.2 Å². The van der Waals surface area contributed by atoms with Crippen LogP contribution in [-0.4, -0.2) is 32.7 Å². The molecule has 3 N–H and O–H groups in total. The van der Waals surface area contributed by atoms with E-state index in [1.54, 1.807) is 32.4 Å². The smallest absolute Gasteiger partial charge is 0.251 e. The fraction of sp³-hybridized carbons (Fsp3) is 0.500. The van der Waals surface area contributed by atoms with Crippen LogP contribution in [0.15, 0.2) is 18.2 Å². The number of benzene rings is 1. The number of amides is 1. The fourth-order valence-corrected chi connectivity index (χ4v) is 1.78. The Labute approximate surface area is 114 Å². The molecule has 0 bridgehead atoms. The molecule has 5 nitrogen and oxygen atoms in total. The van der Waals surface area contributed by atoms with Crippen LogP contribution in [-0.2, 0) is 0 Å². The maximum absolute atomic E-state index is 12.0. The number of carbonyl (C=O) groups excluding carboxylic acids is 1. The molecule has 1 aromatic carbocycles. The van der Waals surface area contributed by atoms with Crippen LogP contribution < -0.4 is 20.5 Å². The molecular formula is C14H22N2O3. The zero-order valence-electron chi connectivity index (χ0n) is 11.7. The molecule has 0 heterocycles. The summed E-state index contributed by atoms with van der Waals surface area (Å²) in [5, 5.41) is 2.93. The number of hydrogen-bond acceptors (Lipinski definition) is 4. The second kappa shape index (κ2) is 7.63. The highest BCUT2D eigenvalue weighted by molar-refractivity contribution is 5.95. The number of carbonyl (C=O) groups is 1. The molecule has 0 spiro atoms. The van der Waals surface area contributed by atoms with Crippen LogP contribution in [0.5, 0.6) is 11.5 Å². The van der Waals surface area contributed by atoms with Crippen LogP contribution in [0.4, 0.5) is 0 Å². The molecule has 0 aliphatic carbocycles. The SMILES string of the molecule is COc1ccc(C(=O)NC(C)CCCN)cc1OC. The third-order valence-corrected chi connectivity index (χ3v) is 2.86. The molecular weight excluding hydrogens is 244 g/mol. The number of hydrogen-bond donors (Lipinski definition) is 2. The van der Waals surface area contributed by atoms with Crippen molar-refractivity contribution in [1.29, 1.82) is 0 Å². The van der Waals surface area contributed by atoms with Gasteiger partial charge in [-0.25, -0.2) is 0 Å². The molecule has 0 aliphatic rings. The molecule has 1 aromatic rings. The molecule has 0 aromatic heterocycles. The number of nitrogens with two attached hydrogens (primary N) is 1. The van der Waals surface area contributed by atoms with E-state index in [2.05, 4.69) is 5.32 Å². The summed E-state index contributed by atoms with van der Waals surface area (Å²) in [5.74, 6) is 1.03. The van der Waals surface area contributed by atoms with Crippen molar-refractivity contribution >= 4 is 5.91 Å². The summed E-state index contributed by atoms with van der Waals surface area (Å²) in [5.41, 5.74) is 6.00. The van der Waals surface area contributed by atoms with Gasteiger partial charge in [0.1, 0.15) is 0 Å². The van der Waals surface area contributed by atoms with Gasteiger partial charge in [0.15, 0.2) is 11.5 Å². The van der Waals surface area contributed by atoms with Crippen molar-refractivity contribution in [2.24, 2.45) is 5.73 Å². The number of rotatable bonds is 7. The highest BCUT2D eigenvalue weighted by Crippen LogP contribution is 2.27. The topological polar surface area (TPSA) is 73.6 Å². The first kappa shape index (κ1) is 15.3. The van der Waals surface area contributed by atoms with Crippen molar-refractivity contribution < 1.29 is 14.3 Å². The quantitative estimate of drug-likeness (QED) is 0.785. The van der Waals surface area contributed by atoms with Crippen molar-refractivity contribution in [2.75, 3.05) is 20.8 Å². The Morgan fingerprint density at radius 2 is 2.00 bits per heavy atom. The molecule has 0 saturated carbocycles. The molecule has 106 valence electrons. The summed E-state index contributed by atoms with van der Waals surface area (Å²) in [6.07, 6.45) is 1.77. The van der Waals surface area contributed by atoms with Gasteiger partial charge in [-0.1, -0.05) is 0 Å². The molecule has 0 fully saturated rings. The van der Waals surface area contributed by atoms with Gasteiger partial charge in [-0.15, -0.1) is 0 Å². The van der Waals surface area contributed by atoms with Crippen molar-refractivity contribution in [1.82, 2.24) is 5.32 Å². The normalized spacial score (nSPS) is 11.8. The maximum atomic E-state index is 12.0. The summed E-state index contributed by atoms with van der Waals surface area (Å²) >= 11 is 0. The van der Waals surface area contributed by atoms with Crippen LogP contribution in [0.1, 0.15) is 30.1 Å². The first-order chi connectivity index (χ1) is 9.12. The van der Waals surface area contributed by atoms with E-state index < -0.39 is 0 Å². The van der Waals surface area contributed by atoms with E-state index in [1.807, 2.05) is 6.92 Å². The Morgan fingerprint density at radius 3 is 2.58 bits per heavy atom. The molecule has 0 saturated heterocycles. The summed E-state index contributed by atoms with van der Waals surface area (Å²) in [6, 6.07) is 5.21. The molecule has 1 rings (SSSR count). The predicted octanol–water partition coefficient (Wildman–Crippen LogP) is 1.56. The van der Waals surface area contributed by atoms with Crippen LogP contribution in [0.25, 0.3) is 0 Å². The van der Waals surface area contributed by atoms with E-state index in [0.717, 1.165) is 12.8 Å². The second-order valence-corrected chi connectivity index (χ2v) is 4.38. The molecule has 1 atom stereocenters. The van der Waals surface area contributed by atoms with Crippen LogP contribution in [0.3, 0.4) is 0 Å². The van der Waals surface area contributed by atoms with Gasteiger partial charge in [-0.2, -0.15) is 0 Å². The molecule has 1 amide bonds. The zero-order valence-corrected chi connectivity index (χ0v) is 11.7. The Hall–Kier alpha value is -1.75. The largest absolute Gasteiger partial charge is 0.493 e.